The molecule has 0 atom stereocenters. The van der Waals surface area contributed by atoms with E-state index in [0.29, 0.717) is 5.71 Å². The van der Waals surface area contributed by atoms with Crippen LogP contribution in [0.3, 0.4) is 0 Å². The van der Waals surface area contributed by atoms with E-state index < -0.39 is 0 Å². The molecule has 1 heterocycles. The van der Waals surface area contributed by atoms with Gasteiger partial charge in [0.15, 0.2) is 0 Å². The van der Waals surface area contributed by atoms with Gasteiger partial charge in [0.2, 0.25) is 0 Å². The molecule has 1 aliphatic rings. The van der Waals surface area contributed by atoms with Gasteiger partial charge in [0.1, 0.15) is 5.71 Å². The first-order valence-electron chi connectivity index (χ1n) is 1.88. The van der Waals surface area contributed by atoms with E-state index >= 15 is 0 Å². The minimum Gasteiger partial charge on any atom is -0.283 e. The Kier molecular flexibility index (Phi) is 2.17. The van der Waals surface area contributed by atoms with Crippen molar-refractivity contribution in [1.82, 2.24) is 0 Å². The molecular formula is C4H2NOS2. The molecule has 0 spiro atoms. The van der Waals surface area contributed by atoms with Gasteiger partial charge in [0, 0.05) is 11.0 Å². The maximum absolute atomic E-state index is 9.83. The van der Waals surface area contributed by atoms with E-state index in [2.05, 4.69) is 4.40 Å². The Labute approximate surface area is 55.0 Å². The molecule has 0 unspecified atom stereocenters. The first kappa shape index (κ1) is 5.91. The van der Waals surface area contributed by atoms with E-state index in [1.54, 1.807) is 17.8 Å². The molecule has 0 saturated carbocycles. The van der Waals surface area contributed by atoms with E-state index in [1.165, 1.54) is 21.8 Å². The van der Waals surface area contributed by atoms with Gasteiger partial charge in [-0.1, -0.05) is 0 Å². The van der Waals surface area contributed by atoms with Crippen molar-refractivity contribution in [3.63, 3.8) is 0 Å². The third-order valence-corrected chi connectivity index (χ3v) is 1.98. The molecule has 0 saturated heterocycles. The molecule has 1 rings (SSSR count). The first-order valence-corrected chi connectivity index (χ1v) is 4.05. The van der Waals surface area contributed by atoms with Crippen LogP contribution in [0.15, 0.2) is 15.9 Å². The van der Waals surface area contributed by atoms with Crippen LogP contribution in [0.4, 0.5) is 0 Å². The second-order valence-corrected chi connectivity index (χ2v) is 2.87. The Bertz CT molecular complexity index is 152. The van der Waals surface area contributed by atoms with Gasteiger partial charge in [0.25, 0.3) is 6.29 Å². The van der Waals surface area contributed by atoms with E-state index in [-0.39, 0.29) is 0 Å². The van der Waals surface area contributed by atoms with Crippen LogP contribution >= 0.6 is 21.8 Å². The average Bonchev–Trinajstić information content (AvgIpc) is 1.90. The van der Waals surface area contributed by atoms with Crippen molar-refractivity contribution < 1.29 is 4.79 Å². The summed E-state index contributed by atoms with van der Waals surface area (Å²) in [6.45, 7) is 0. The molecule has 0 aliphatic carbocycles. The fourth-order valence-electron chi connectivity index (χ4n) is 0.262. The van der Waals surface area contributed by atoms with Crippen molar-refractivity contribution in [2.75, 3.05) is 0 Å². The third kappa shape index (κ3) is 1.38. The minimum atomic E-state index is 0.383. The van der Waals surface area contributed by atoms with Gasteiger partial charge in [-0.2, -0.15) is 0 Å². The maximum Gasteiger partial charge on any atom is 0.254 e. The Balaban J connectivity index is 2.64. The van der Waals surface area contributed by atoms with Gasteiger partial charge < -0.3 is 0 Å². The summed E-state index contributed by atoms with van der Waals surface area (Å²) >= 11 is 0. The molecule has 0 aromatic carbocycles. The quantitative estimate of drug-likeness (QED) is 0.411. The molecular weight excluding hydrogens is 142 g/mol. The van der Waals surface area contributed by atoms with Crippen molar-refractivity contribution >= 4 is 33.8 Å². The summed E-state index contributed by atoms with van der Waals surface area (Å²) in [4.78, 5) is 9.83. The van der Waals surface area contributed by atoms with Crippen LogP contribution in [-0.2, 0) is 4.79 Å². The highest BCUT2D eigenvalue weighted by molar-refractivity contribution is 8.77. The topological polar surface area (TPSA) is 29.4 Å². The summed E-state index contributed by atoms with van der Waals surface area (Å²) < 4.78 is 3.73. The second-order valence-electron chi connectivity index (χ2n) is 1.05. The molecule has 2 nitrogen and oxygen atoms in total. The van der Waals surface area contributed by atoms with Crippen molar-refractivity contribution in [3.05, 3.63) is 11.5 Å². The van der Waals surface area contributed by atoms with E-state index in [0.717, 1.165) is 0 Å². The van der Waals surface area contributed by atoms with Gasteiger partial charge in [-0.05, 0) is 22.3 Å². The standard InChI is InChI=1S/C4H2NOS2/c6-3-4-1-2-7-8-5-4/h1-2H. The van der Waals surface area contributed by atoms with E-state index in [9.17, 15) is 4.79 Å². The van der Waals surface area contributed by atoms with Crippen molar-refractivity contribution in [2.24, 2.45) is 4.40 Å². The minimum absolute atomic E-state index is 0.383. The number of allylic oxidation sites excluding steroid dienone is 1. The lowest BCUT2D eigenvalue weighted by atomic mass is 10.4. The Morgan fingerprint density at radius 2 is 2.62 bits per heavy atom. The molecule has 1 aliphatic heterocycles. The molecule has 0 fully saturated rings. The summed E-state index contributed by atoms with van der Waals surface area (Å²) in [6.07, 6.45) is 3.32. The Morgan fingerprint density at radius 3 is 3.00 bits per heavy atom. The summed E-state index contributed by atoms with van der Waals surface area (Å²) in [5, 5.41) is 1.80. The summed E-state index contributed by atoms with van der Waals surface area (Å²) in [7, 11) is 2.77. The largest absolute Gasteiger partial charge is 0.283 e. The van der Waals surface area contributed by atoms with Gasteiger partial charge in [-0.15, -0.1) is 0 Å². The molecule has 41 valence electrons. The van der Waals surface area contributed by atoms with Gasteiger partial charge in [0.05, 0.1) is 0 Å². The number of rotatable bonds is 1. The summed E-state index contributed by atoms with van der Waals surface area (Å²) in [6, 6.07) is 0. The molecule has 4 heteroatoms. The van der Waals surface area contributed by atoms with Crippen LogP contribution in [0.5, 0.6) is 0 Å². The summed E-state index contributed by atoms with van der Waals surface area (Å²) in [5.74, 6) is 0. The van der Waals surface area contributed by atoms with Gasteiger partial charge in [-0.25, -0.2) is 4.40 Å². The fraction of sp³-hybridized carbons (Fsp3) is 0. The highest BCUT2D eigenvalue weighted by Crippen LogP contribution is 2.26. The van der Waals surface area contributed by atoms with Crippen LogP contribution in [0.2, 0.25) is 0 Å². The number of hydrogen-bond donors (Lipinski definition) is 0. The Hall–Kier alpha value is -0.220. The predicted molar refractivity (Wildman–Crippen MR) is 37.5 cm³/mol. The van der Waals surface area contributed by atoms with Crippen molar-refractivity contribution in [2.45, 2.75) is 0 Å². The molecule has 8 heavy (non-hydrogen) atoms. The van der Waals surface area contributed by atoms with Crippen LogP contribution in [0, 0.1) is 0 Å². The predicted octanol–water partition coefficient (Wildman–Crippen LogP) is 1.36. The summed E-state index contributed by atoms with van der Waals surface area (Å²) in [5.41, 5.74) is 0.383. The van der Waals surface area contributed by atoms with Crippen LogP contribution in [-0.4, -0.2) is 12.0 Å². The highest BCUT2D eigenvalue weighted by atomic mass is 33.1. The zero-order chi connectivity index (χ0) is 5.82. The molecule has 0 amide bonds. The maximum atomic E-state index is 9.83. The Morgan fingerprint density at radius 1 is 1.75 bits per heavy atom. The lowest BCUT2D eigenvalue weighted by Gasteiger charge is -1.92. The van der Waals surface area contributed by atoms with Gasteiger partial charge in [-0.3, -0.25) is 4.79 Å². The molecule has 0 aromatic heterocycles. The SMILES string of the molecule is O=[C]C1=NSSC=C1. The number of hydrogen-bond acceptors (Lipinski definition) is 4. The monoisotopic (exact) mass is 144 g/mol. The zero-order valence-electron chi connectivity index (χ0n) is 3.83. The number of carbonyl (C=O) groups excluding carboxylic acids is 1. The zero-order valence-corrected chi connectivity index (χ0v) is 5.46. The second kappa shape index (κ2) is 2.94. The van der Waals surface area contributed by atoms with Gasteiger partial charge >= 0.3 is 0 Å². The lowest BCUT2D eigenvalue weighted by molar-refractivity contribution is 0.567. The highest BCUT2D eigenvalue weighted by Gasteiger charge is 1.96. The normalized spacial score (nSPS) is 17.8. The van der Waals surface area contributed by atoms with Crippen LogP contribution in [0.1, 0.15) is 0 Å². The third-order valence-electron chi connectivity index (χ3n) is 0.565. The van der Waals surface area contributed by atoms with Crippen LogP contribution in [0.25, 0.3) is 0 Å². The number of nitrogens with zero attached hydrogens (tertiary/aromatic N) is 1. The fourth-order valence-corrected chi connectivity index (χ4v) is 1.40. The van der Waals surface area contributed by atoms with E-state index in [4.69, 9.17) is 0 Å². The van der Waals surface area contributed by atoms with Crippen molar-refractivity contribution in [1.29, 1.82) is 0 Å². The van der Waals surface area contributed by atoms with E-state index in [1.807, 2.05) is 0 Å². The molecule has 1 radical (unpaired) electrons. The average molecular weight is 144 g/mol. The van der Waals surface area contributed by atoms with Crippen LogP contribution < -0.4 is 0 Å². The lowest BCUT2D eigenvalue weighted by Crippen LogP contribution is -1.92. The molecule has 0 bridgehead atoms. The first-order chi connectivity index (χ1) is 3.93. The molecule has 0 aromatic rings. The van der Waals surface area contributed by atoms with Crippen molar-refractivity contribution in [3.8, 4) is 0 Å². The smallest absolute Gasteiger partial charge is 0.254 e. The molecule has 0 N–H and O–H groups in total.